The number of esters is 2. The van der Waals surface area contributed by atoms with E-state index in [2.05, 4.69) is 0 Å². The van der Waals surface area contributed by atoms with E-state index in [1.54, 1.807) is 64.8 Å². The molecule has 4 atom stereocenters. The Labute approximate surface area is 325 Å². The molecule has 0 aromatic heterocycles. The highest BCUT2D eigenvalue weighted by Crippen LogP contribution is 2.57. The second-order valence-electron chi connectivity index (χ2n) is 12.9. The summed E-state index contributed by atoms with van der Waals surface area (Å²) in [5, 5.41) is 0. The average Bonchev–Trinajstić information content (AvgIpc) is 3.21. The van der Waals surface area contributed by atoms with Crippen molar-refractivity contribution >= 4 is 11.9 Å². The van der Waals surface area contributed by atoms with Gasteiger partial charge in [0.25, 0.3) is 0 Å². The summed E-state index contributed by atoms with van der Waals surface area (Å²) in [6.45, 7) is 2.70. The molecule has 4 aromatic rings. The quantitative estimate of drug-likeness (QED) is 0.134. The second kappa shape index (κ2) is 16.7. The minimum Gasteiger partial charge on any atom is -0.496 e. The van der Waals surface area contributed by atoms with Crippen LogP contribution in [0.5, 0.6) is 57.5 Å². The highest BCUT2D eigenvalue weighted by molar-refractivity contribution is 5.87. The fourth-order valence-electron chi connectivity index (χ4n) is 7.41. The average molecular weight is 775 g/mol. The van der Waals surface area contributed by atoms with Gasteiger partial charge in [-0.1, -0.05) is 12.1 Å². The predicted octanol–water partition coefficient (Wildman–Crippen LogP) is 6.64. The Balaban J connectivity index is 1.61. The monoisotopic (exact) mass is 774 g/mol. The fraction of sp³-hybridized carbons (Fsp3) is 0.381. The van der Waals surface area contributed by atoms with Crippen molar-refractivity contribution in [3.8, 4) is 68.6 Å². The number of rotatable bonds is 13. The van der Waals surface area contributed by atoms with Gasteiger partial charge in [-0.2, -0.15) is 0 Å². The molecule has 14 heteroatoms. The maximum atomic E-state index is 12.7. The SMILES string of the molecule is COc1ccc(C2Oc3c(c(-c4c(OC)cc(OC)c5c4OC(c4ccc(OC)c(OC)c4)C(OC(C)=O)C5)cc(OC)c3OC)CC2OC(C)=O)cc1OC. The Morgan fingerprint density at radius 1 is 0.500 bits per heavy atom. The fourth-order valence-corrected chi connectivity index (χ4v) is 7.41. The first-order chi connectivity index (χ1) is 27.0. The molecule has 0 fully saturated rings. The summed E-state index contributed by atoms with van der Waals surface area (Å²) in [6.07, 6.45) is -2.75. The van der Waals surface area contributed by atoms with Gasteiger partial charge >= 0.3 is 11.9 Å². The lowest BCUT2D eigenvalue weighted by atomic mass is 9.85. The van der Waals surface area contributed by atoms with Crippen molar-refractivity contribution < 1.29 is 66.4 Å². The van der Waals surface area contributed by atoms with E-state index in [0.717, 1.165) is 0 Å². The third-order valence-corrected chi connectivity index (χ3v) is 9.83. The smallest absolute Gasteiger partial charge is 0.303 e. The van der Waals surface area contributed by atoms with Crippen LogP contribution < -0.4 is 47.4 Å². The number of ether oxygens (including phenoxy) is 12. The van der Waals surface area contributed by atoms with E-state index >= 15 is 0 Å². The van der Waals surface area contributed by atoms with Gasteiger partial charge in [0.2, 0.25) is 5.75 Å². The summed E-state index contributed by atoms with van der Waals surface area (Å²) in [4.78, 5) is 25.2. The zero-order valence-electron chi connectivity index (χ0n) is 33.1. The van der Waals surface area contributed by atoms with Gasteiger partial charge in [-0.05, 0) is 30.3 Å². The first kappa shape index (κ1) is 39.5. The lowest BCUT2D eigenvalue weighted by molar-refractivity contribution is -0.153. The third-order valence-electron chi connectivity index (χ3n) is 9.83. The molecule has 0 aliphatic carbocycles. The molecule has 2 aliphatic heterocycles. The van der Waals surface area contributed by atoms with Crippen molar-refractivity contribution in [2.75, 3.05) is 56.9 Å². The van der Waals surface area contributed by atoms with E-state index in [1.165, 1.54) is 42.3 Å². The Morgan fingerprint density at radius 2 is 0.964 bits per heavy atom. The van der Waals surface area contributed by atoms with Crippen molar-refractivity contribution in [3.05, 3.63) is 70.8 Å². The number of fused-ring (bicyclic) bond motifs is 2. The first-order valence-electron chi connectivity index (χ1n) is 17.7. The summed E-state index contributed by atoms with van der Waals surface area (Å²) in [6, 6.07) is 14.3. The molecule has 0 bridgehead atoms. The summed E-state index contributed by atoms with van der Waals surface area (Å²) >= 11 is 0. The molecule has 0 saturated carbocycles. The minimum absolute atomic E-state index is 0.183. The van der Waals surface area contributed by atoms with Crippen molar-refractivity contribution in [2.24, 2.45) is 0 Å². The zero-order valence-corrected chi connectivity index (χ0v) is 33.1. The predicted molar refractivity (Wildman–Crippen MR) is 202 cm³/mol. The van der Waals surface area contributed by atoms with Gasteiger partial charge in [0.15, 0.2) is 46.7 Å². The van der Waals surface area contributed by atoms with Crippen molar-refractivity contribution in [3.63, 3.8) is 0 Å². The van der Waals surface area contributed by atoms with Gasteiger partial charge in [-0.15, -0.1) is 0 Å². The number of hydrogen-bond donors (Lipinski definition) is 0. The lowest BCUT2D eigenvalue weighted by Gasteiger charge is -2.37. The summed E-state index contributed by atoms with van der Waals surface area (Å²) < 4.78 is 71.6. The maximum absolute atomic E-state index is 12.7. The van der Waals surface area contributed by atoms with Crippen LogP contribution in [0.15, 0.2) is 48.5 Å². The van der Waals surface area contributed by atoms with Gasteiger partial charge in [0.1, 0.15) is 29.5 Å². The molecule has 14 nitrogen and oxygen atoms in total. The van der Waals surface area contributed by atoms with Gasteiger partial charge in [0.05, 0.1) is 62.4 Å². The van der Waals surface area contributed by atoms with Crippen LogP contribution in [0.3, 0.4) is 0 Å². The van der Waals surface area contributed by atoms with Gasteiger partial charge in [-0.3, -0.25) is 9.59 Å². The van der Waals surface area contributed by atoms with Gasteiger partial charge < -0.3 is 56.8 Å². The normalized spacial score (nSPS) is 18.1. The molecule has 0 saturated heterocycles. The highest BCUT2D eigenvalue weighted by atomic mass is 16.6. The van der Waals surface area contributed by atoms with Crippen LogP contribution in [0.1, 0.15) is 48.3 Å². The van der Waals surface area contributed by atoms with E-state index in [4.69, 9.17) is 56.8 Å². The number of benzene rings is 4. The van der Waals surface area contributed by atoms with Gasteiger partial charge in [0, 0.05) is 60.6 Å². The first-order valence-corrected chi connectivity index (χ1v) is 17.7. The number of carbonyl (C=O) groups is 2. The molecule has 298 valence electrons. The van der Waals surface area contributed by atoms with Crippen LogP contribution in [0.25, 0.3) is 11.1 Å². The molecule has 2 heterocycles. The van der Waals surface area contributed by atoms with Crippen LogP contribution in [0.4, 0.5) is 0 Å². The molecular weight excluding hydrogens is 728 g/mol. The largest absolute Gasteiger partial charge is 0.496 e. The molecule has 4 aromatic carbocycles. The van der Waals surface area contributed by atoms with E-state index in [-0.39, 0.29) is 12.8 Å². The molecular formula is C42H46O14. The minimum atomic E-state index is -0.808. The molecule has 0 amide bonds. The molecule has 2 aliphatic rings. The number of hydrogen-bond acceptors (Lipinski definition) is 14. The zero-order chi connectivity index (χ0) is 40.3. The Bertz CT molecular complexity index is 2110. The topological polar surface area (TPSA) is 145 Å². The van der Waals surface area contributed by atoms with Crippen LogP contribution in [-0.4, -0.2) is 81.0 Å². The summed E-state index contributed by atoms with van der Waals surface area (Å²) in [5.41, 5.74) is 3.71. The van der Waals surface area contributed by atoms with E-state index in [0.29, 0.717) is 90.9 Å². The van der Waals surface area contributed by atoms with E-state index < -0.39 is 36.4 Å². The summed E-state index contributed by atoms with van der Waals surface area (Å²) in [5.74, 6) is 3.33. The molecule has 0 N–H and O–H groups in total. The van der Waals surface area contributed by atoms with Crippen molar-refractivity contribution in [1.29, 1.82) is 0 Å². The highest BCUT2D eigenvalue weighted by Gasteiger charge is 2.42. The van der Waals surface area contributed by atoms with Crippen molar-refractivity contribution in [1.82, 2.24) is 0 Å². The van der Waals surface area contributed by atoms with Crippen LogP contribution in [0.2, 0.25) is 0 Å². The van der Waals surface area contributed by atoms with Crippen LogP contribution in [-0.2, 0) is 31.9 Å². The van der Waals surface area contributed by atoms with E-state index in [9.17, 15) is 9.59 Å². The lowest BCUT2D eigenvalue weighted by Crippen LogP contribution is -2.35. The molecule has 4 unspecified atom stereocenters. The maximum Gasteiger partial charge on any atom is 0.303 e. The second-order valence-corrected chi connectivity index (χ2v) is 12.9. The standard InChI is InChI=1S/C42H46O14/c1-21(43)53-35-18-26-25(17-34(51-9)42(52-10)41(26)56-39(35)24-12-14-29(46-4)32(16-24)49-7)37-33(50-8)20-30(47-5)27-19-36(54-22(2)44)38(55-40(27)37)23-11-13-28(45-3)31(15-23)48-6/h11-17,20,35-36,38-39H,18-19H2,1-10H3. The Hall–Kier alpha value is -6.18. The molecule has 6 rings (SSSR count). The van der Waals surface area contributed by atoms with E-state index in [1.807, 2.05) is 12.1 Å². The molecule has 0 spiro atoms. The van der Waals surface area contributed by atoms with Crippen LogP contribution in [0, 0.1) is 0 Å². The Kier molecular flexibility index (Phi) is 11.8. The number of methoxy groups -OCH3 is 8. The number of carbonyl (C=O) groups excluding carboxylic acids is 2. The summed E-state index contributed by atoms with van der Waals surface area (Å²) in [7, 11) is 12.3. The molecule has 0 radical (unpaired) electrons. The third kappa shape index (κ3) is 7.30. The van der Waals surface area contributed by atoms with Crippen molar-refractivity contribution in [2.45, 2.75) is 51.1 Å². The Morgan fingerprint density at radius 3 is 1.41 bits per heavy atom. The molecule has 56 heavy (non-hydrogen) atoms. The van der Waals surface area contributed by atoms with Crippen LogP contribution >= 0.6 is 0 Å². The van der Waals surface area contributed by atoms with Gasteiger partial charge in [-0.25, -0.2) is 0 Å².